The Labute approximate surface area is 158 Å². The summed E-state index contributed by atoms with van der Waals surface area (Å²) in [4.78, 5) is 11.9. The van der Waals surface area contributed by atoms with Gasteiger partial charge in [0.05, 0.1) is 25.7 Å². The molecule has 1 aliphatic rings. The summed E-state index contributed by atoms with van der Waals surface area (Å²) in [6.07, 6.45) is 0. The molecule has 0 unspecified atom stereocenters. The molecule has 0 aromatic heterocycles. The van der Waals surface area contributed by atoms with E-state index in [4.69, 9.17) is 34.8 Å². The average molecular weight is 421 g/mol. The molecule has 2 aromatic rings. The molecule has 0 radical (unpaired) electrons. The van der Waals surface area contributed by atoms with Gasteiger partial charge in [-0.15, -0.1) is 0 Å². The summed E-state index contributed by atoms with van der Waals surface area (Å²) >= 11 is 17.6. The SMILES string of the molecule is CC1=C(C(=O)c2ccc(Cl)c(Cl)c2)S(=O)(=O)c2cc(F)cc(Cl)c2N1. The molecule has 1 N–H and O–H groups in total. The Morgan fingerprint density at radius 1 is 1.04 bits per heavy atom. The highest BCUT2D eigenvalue weighted by Gasteiger charge is 2.37. The van der Waals surface area contributed by atoms with E-state index in [1.54, 1.807) is 0 Å². The second-order valence-corrected chi connectivity index (χ2v) is 8.38. The van der Waals surface area contributed by atoms with Crippen molar-refractivity contribution in [2.24, 2.45) is 0 Å². The first-order chi connectivity index (χ1) is 11.6. The van der Waals surface area contributed by atoms with Crippen LogP contribution < -0.4 is 5.32 Å². The number of hydrogen-bond donors (Lipinski definition) is 1. The van der Waals surface area contributed by atoms with Crippen molar-refractivity contribution in [2.45, 2.75) is 11.8 Å². The molecule has 25 heavy (non-hydrogen) atoms. The van der Waals surface area contributed by atoms with Crippen molar-refractivity contribution in [1.29, 1.82) is 0 Å². The van der Waals surface area contributed by atoms with Gasteiger partial charge in [-0.1, -0.05) is 34.8 Å². The molecule has 0 bridgehead atoms. The van der Waals surface area contributed by atoms with E-state index in [-0.39, 0.29) is 32.0 Å². The van der Waals surface area contributed by atoms with E-state index >= 15 is 0 Å². The third kappa shape index (κ3) is 3.04. The number of rotatable bonds is 2. The second-order valence-electron chi connectivity index (χ2n) is 5.30. The number of carbonyl (C=O) groups excluding carboxylic acids is 1. The van der Waals surface area contributed by atoms with Gasteiger partial charge in [0.1, 0.15) is 10.7 Å². The number of allylic oxidation sites excluding steroid dienone is 2. The van der Waals surface area contributed by atoms with Crippen LogP contribution in [0.15, 0.2) is 45.8 Å². The fraction of sp³-hybridized carbons (Fsp3) is 0.0625. The van der Waals surface area contributed by atoms with Crippen molar-refractivity contribution >= 4 is 56.1 Å². The molecule has 0 saturated heterocycles. The first-order valence-corrected chi connectivity index (χ1v) is 9.46. The zero-order chi connectivity index (χ0) is 18.5. The lowest BCUT2D eigenvalue weighted by atomic mass is 10.1. The zero-order valence-corrected chi connectivity index (χ0v) is 15.6. The Morgan fingerprint density at radius 3 is 2.36 bits per heavy atom. The van der Waals surface area contributed by atoms with Gasteiger partial charge in [-0.05, 0) is 37.3 Å². The molecule has 0 amide bonds. The maximum Gasteiger partial charge on any atom is 0.214 e. The largest absolute Gasteiger partial charge is 0.356 e. The standard InChI is InChI=1S/C16H9Cl3FNO3S/c1-7-16(15(22)8-2-3-10(17)11(18)4-8)25(23,24)13-6-9(20)5-12(19)14(13)21-7/h2-6,21H,1H3. The van der Waals surface area contributed by atoms with Gasteiger partial charge < -0.3 is 5.32 Å². The minimum atomic E-state index is -4.28. The third-order valence-corrected chi connectivity index (χ3v) is 6.59. The summed E-state index contributed by atoms with van der Waals surface area (Å²) in [6.45, 7) is 1.42. The minimum absolute atomic E-state index is 0.0336. The fourth-order valence-electron chi connectivity index (χ4n) is 2.50. The van der Waals surface area contributed by atoms with Crippen LogP contribution in [0.2, 0.25) is 15.1 Å². The third-order valence-electron chi connectivity index (χ3n) is 3.62. The lowest BCUT2D eigenvalue weighted by molar-refractivity contribution is 0.104. The number of anilines is 1. The lowest BCUT2D eigenvalue weighted by Crippen LogP contribution is -2.24. The van der Waals surface area contributed by atoms with E-state index in [0.717, 1.165) is 12.1 Å². The van der Waals surface area contributed by atoms with Crippen LogP contribution >= 0.6 is 34.8 Å². The molecule has 130 valence electrons. The topological polar surface area (TPSA) is 63.2 Å². The number of hydrogen-bond acceptors (Lipinski definition) is 4. The maximum absolute atomic E-state index is 13.6. The molecule has 0 aliphatic carbocycles. The van der Waals surface area contributed by atoms with Crippen LogP contribution in [0.4, 0.5) is 10.1 Å². The van der Waals surface area contributed by atoms with Crippen molar-refractivity contribution < 1.29 is 17.6 Å². The Morgan fingerprint density at radius 2 is 1.72 bits per heavy atom. The molecule has 0 fully saturated rings. The number of nitrogens with one attached hydrogen (secondary N) is 1. The number of fused-ring (bicyclic) bond motifs is 1. The van der Waals surface area contributed by atoms with Crippen molar-refractivity contribution in [3.63, 3.8) is 0 Å². The fourth-order valence-corrected chi connectivity index (χ4v) is 4.84. The highest BCUT2D eigenvalue weighted by Crippen LogP contribution is 2.40. The highest BCUT2D eigenvalue weighted by atomic mass is 35.5. The number of Topliss-reactive ketones (excluding diaryl/α,β-unsaturated/α-hetero) is 1. The Hall–Kier alpha value is -1.60. The number of carbonyl (C=O) groups is 1. The van der Waals surface area contributed by atoms with E-state index in [1.807, 2.05) is 0 Å². The van der Waals surface area contributed by atoms with Crippen LogP contribution in [0.3, 0.4) is 0 Å². The van der Waals surface area contributed by atoms with Crippen molar-refractivity contribution in [3.8, 4) is 0 Å². The normalized spacial score (nSPS) is 15.6. The molecule has 9 heteroatoms. The van der Waals surface area contributed by atoms with Gasteiger partial charge in [0, 0.05) is 11.3 Å². The number of benzene rings is 2. The molecule has 2 aromatic carbocycles. The Balaban J connectivity index is 2.19. The van der Waals surface area contributed by atoms with Gasteiger partial charge >= 0.3 is 0 Å². The van der Waals surface area contributed by atoms with Crippen LogP contribution in [-0.4, -0.2) is 14.2 Å². The first-order valence-electron chi connectivity index (χ1n) is 6.84. The van der Waals surface area contributed by atoms with E-state index in [2.05, 4.69) is 5.32 Å². The van der Waals surface area contributed by atoms with E-state index in [0.29, 0.717) is 0 Å². The summed E-state index contributed by atoms with van der Waals surface area (Å²) in [5, 5.41) is 3.00. The number of ketones is 1. The molecule has 1 heterocycles. The summed E-state index contributed by atoms with van der Waals surface area (Å²) < 4.78 is 39.4. The predicted molar refractivity (Wildman–Crippen MR) is 95.7 cm³/mol. The van der Waals surface area contributed by atoms with E-state index in [1.165, 1.54) is 25.1 Å². The van der Waals surface area contributed by atoms with Gasteiger partial charge in [-0.25, -0.2) is 12.8 Å². The molecule has 0 spiro atoms. The van der Waals surface area contributed by atoms with Gasteiger partial charge in [0.15, 0.2) is 0 Å². The van der Waals surface area contributed by atoms with Gasteiger partial charge in [-0.3, -0.25) is 4.79 Å². The molecule has 1 aliphatic heterocycles. The summed E-state index contributed by atoms with van der Waals surface area (Å²) in [6, 6.07) is 5.83. The van der Waals surface area contributed by atoms with E-state index in [9.17, 15) is 17.6 Å². The number of halogens is 4. The number of sulfone groups is 1. The smallest absolute Gasteiger partial charge is 0.214 e. The predicted octanol–water partition coefficient (Wildman–Crippen LogP) is 5.10. The van der Waals surface area contributed by atoms with Crippen LogP contribution in [0, 0.1) is 5.82 Å². The molecule has 0 saturated carbocycles. The van der Waals surface area contributed by atoms with Crippen molar-refractivity contribution in [1.82, 2.24) is 0 Å². The molecular formula is C16H9Cl3FNO3S. The van der Waals surface area contributed by atoms with Crippen molar-refractivity contribution in [2.75, 3.05) is 5.32 Å². The molecular weight excluding hydrogens is 412 g/mol. The van der Waals surface area contributed by atoms with Crippen LogP contribution in [0.5, 0.6) is 0 Å². The quantitative estimate of drug-likeness (QED) is 0.687. The van der Waals surface area contributed by atoms with Crippen LogP contribution in [0.1, 0.15) is 17.3 Å². The average Bonchev–Trinajstić information content (AvgIpc) is 2.51. The Bertz CT molecular complexity index is 1060. The van der Waals surface area contributed by atoms with Crippen molar-refractivity contribution in [3.05, 3.63) is 67.4 Å². The van der Waals surface area contributed by atoms with Crippen LogP contribution in [0.25, 0.3) is 0 Å². The summed E-state index contributed by atoms with van der Waals surface area (Å²) in [5.41, 5.74) is 0.156. The minimum Gasteiger partial charge on any atom is -0.356 e. The first kappa shape index (κ1) is 18.2. The lowest BCUT2D eigenvalue weighted by Gasteiger charge is -2.23. The monoisotopic (exact) mass is 419 g/mol. The van der Waals surface area contributed by atoms with Gasteiger partial charge in [0.25, 0.3) is 0 Å². The second kappa shape index (κ2) is 6.29. The molecule has 0 atom stereocenters. The van der Waals surface area contributed by atoms with E-state index < -0.39 is 31.2 Å². The zero-order valence-electron chi connectivity index (χ0n) is 12.5. The molecule has 4 nitrogen and oxygen atoms in total. The molecule has 3 rings (SSSR count). The van der Waals surface area contributed by atoms with Gasteiger partial charge in [0.2, 0.25) is 15.6 Å². The Kier molecular flexibility index (Phi) is 4.58. The summed E-state index contributed by atoms with van der Waals surface area (Å²) in [7, 11) is -4.28. The van der Waals surface area contributed by atoms with Crippen LogP contribution in [-0.2, 0) is 9.84 Å². The van der Waals surface area contributed by atoms with Gasteiger partial charge in [-0.2, -0.15) is 0 Å². The summed E-state index contributed by atoms with van der Waals surface area (Å²) in [5.74, 6) is -1.61. The maximum atomic E-state index is 13.6. The highest BCUT2D eigenvalue weighted by molar-refractivity contribution is 7.96.